The van der Waals surface area contributed by atoms with Crippen molar-refractivity contribution >= 4 is 0 Å². The van der Waals surface area contributed by atoms with E-state index in [-0.39, 0.29) is 17.9 Å². The van der Waals surface area contributed by atoms with Gasteiger partial charge in [-0.25, -0.2) is 8.78 Å². The van der Waals surface area contributed by atoms with Gasteiger partial charge in [-0.3, -0.25) is 0 Å². The highest BCUT2D eigenvalue weighted by Crippen LogP contribution is 2.38. The summed E-state index contributed by atoms with van der Waals surface area (Å²) in [5.74, 6) is -0.741. The predicted octanol–water partition coefficient (Wildman–Crippen LogP) is 3.06. The maximum atomic E-state index is 13.4. The summed E-state index contributed by atoms with van der Waals surface area (Å²) in [5, 5.41) is 10.3. The average Bonchev–Trinajstić information content (AvgIpc) is 2.53. The van der Waals surface area contributed by atoms with Crippen LogP contribution in [0.4, 0.5) is 8.78 Å². The third-order valence-electron chi connectivity index (χ3n) is 3.67. The van der Waals surface area contributed by atoms with Crippen LogP contribution in [0.2, 0.25) is 0 Å². The van der Waals surface area contributed by atoms with Gasteiger partial charge < -0.3 is 5.11 Å². The minimum absolute atomic E-state index is 0.148. The normalized spacial score (nSPS) is 29.6. The Morgan fingerprint density at radius 2 is 2.19 bits per heavy atom. The van der Waals surface area contributed by atoms with E-state index in [0.717, 1.165) is 25.0 Å². The van der Waals surface area contributed by atoms with Gasteiger partial charge in [0.1, 0.15) is 11.6 Å². The van der Waals surface area contributed by atoms with Crippen molar-refractivity contribution in [3.63, 3.8) is 0 Å². The van der Waals surface area contributed by atoms with Gasteiger partial charge >= 0.3 is 0 Å². The van der Waals surface area contributed by atoms with Crippen LogP contribution in [0.3, 0.4) is 0 Å². The Labute approximate surface area is 94.1 Å². The van der Waals surface area contributed by atoms with Crippen molar-refractivity contribution in [2.45, 2.75) is 38.2 Å². The van der Waals surface area contributed by atoms with Crippen LogP contribution in [0, 0.1) is 17.6 Å². The highest BCUT2D eigenvalue weighted by Gasteiger charge is 2.38. The van der Waals surface area contributed by atoms with E-state index in [2.05, 4.69) is 0 Å². The first-order chi connectivity index (χ1) is 7.51. The second-order valence-electron chi connectivity index (χ2n) is 4.81. The van der Waals surface area contributed by atoms with Crippen LogP contribution in [-0.2, 0) is 6.42 Å². The molecule has 0 amide bonds. The summed E-state index contributed by atoms with van der Waals surface area (Å²) in [6.07, 6.45) is 2.78. The van der Waals surface area contributed by atoms with E-state index in [1.807, 2.05) is 6.92 Å². The molecule has 1 fully saturated rings. The number of halogens is 2. The van der Waals surface area contributed by atoms with Crippen molar-refractivity contribution in [1.29, 1.82) is 0 Å². The molecule has 1 aromatic carbocycles. The van der Waals surface area contributed by atoms with E-state index < -0.39 is 17.2 Å². The molecule has 1 nitrogen and oxygen atoms in total. The molecule has 0 spiro atoms. The van der Waals surface area contributed by atoms with Crippen molar-refractivity contribution < 1.29 is 13.9 Å². The van der Waals surface area contributed by atoms with Crippen LogP contribution in [0.25, 0.3) is 0 Å². The van der Waals surface area contributed by atoms with Crippen molar-refractivity contribution in [3.8, 4) is 0 Å². The van der Waals surface area contributed by atoms with E-state index in [4.69, 9.17) is 0 Å². The fourth-order valence-corrected chi connectivity index (χ4v) is 2.50. The first-order valence-corrected chi connectivity index (χ1v) is 5.67. The SMILES string of the molecule is CC1CCCC1(O)Cc1cc(F)ccc1F. The minimum Gasteiger partial charge on any atom is -0.389 e. The van der Waals surface area contributed by atoms with Crippen molar-refractivity contribution in [3.05, 3.63) is 35.4 Å². The van der Waals surface area contributed by atoms with E-state index in [0.29, 0.717) is 6.42 Å². The maximum Gasteiger partial charge on any atom is 0.126 e. The van der Waals surface area contributed by atoms with E-state index in [1.165, 1.54) is 6.07 Å². The van der Waals surface area contributed by atoms with Gasteiger partial charge in [-0.05, 0) is 42.5 Å². The van der Waals surface area contributed by atoms with Crippen molar-refractivity contribution in [2.75, 3.05) is 0 Å². The van der Waals surface area contributed by atoms with Crippen LogP contribution in [0.15, 0.2) is 18.2 Å². The van der Waals surface area contributed by atoms with Gasteiger partial charge in [0.05, 0.1) is 5.60 Å². The van der Waals surface area contributed by atoms with E-state index in [9.17, 15) is 13.9 Å². The molecule has 1 N–H and O–H groups in total. The number of benzene rings is 1. The fourth-order valence-electron chi connectivity index (χ4n) is 2.50. The molecule has 2 unspecified atom stereocenters. The Hall–Kier alpha value is -0.960. The molecule has 2 rings (SSSR count). The molecule has 0 bridgehead atoms. The Morgan fingerprint density at radius 3 is 2.81 bits per heavy atom. The topological polar surface area (TPSA) is 20.2 Å². The summed E-state index contributed by atoms with van der Waals surface area (Å²) in [6.45, 7) is 1.96. The Bertz CT molecular complexity index is 392. The molecule has 1 aromatic rings. The molecule has 88 valence electrons. The zero-order valence-corrected chi connectivity index (χ0v) is 9.34. The summed E-state index contributed by atoms with van der Waals surface area (Å²) >= 11 is 0. The molecule has 1 aliphatic rings. The summed E-state index contributed by atoms with van der Waals surface area (Å²) in [7, 11) is 0. The lowest BCUT2D eigenvalue weighted by Crippen LogP contribution is -2.34. The molecule has 1 aliphatic carbocycles. The Kier molecular flexibility index (Phi) is 2.98. The average molecular weight is 226 g/mol. The third kappa shape index (κ3) is 2.09. The summed E-state index contributed by atoms with van der Waals surface area (Å²) in [4.78, 5) is 0. The maximum absolute atomic E-state index is 13.4. The summed E-state index contributed by atoms with van der Waals surface area (Å²) in [5.41, 5.74) is -0.592. The third-order valence-corrected chi connectivity index (χ3v) is 3.67. The van der Waals surface area contributed by atoms with Crippen LogP contribution in [0.5, 0.6) is 0 Å². The number of aliphatic hydroxyl groups is 1. The minimum atomic E-state index is -0.866. The molecule has 16 heavy (non-hydrogen) atoms. The van der Waals surface area contributed by atoms with Gasteiger partial charge in [0.25, 0.3) is 0 Å². The van der Waals surface area contributed by atoms with Crippen molar-refractivity contribution in [1.82, 2.24) is 0 Å². The Morgan fingerprint density at radius 1 is 1.44 bits per heavy atom. The highest BCUT2D eigenvalue weighted by atomic mass is 19.1. The largest absolute Gasteiger partial charge is 0.389 e. The molecule has 0 heterocycles. The molecule has 0 saturated heterocycles. The molecule has 1 saturated carbocycles. The Balaban J connectivity index is 2.23. The second kappa shape index (κ2) is 4.13. The van der Waals surface area contributed by atoms with E-state index in [1.54, 1.807) is 0 Å². The van der Waals surface area contributed by atoms with Gasteiger partial charge in [-0.1, -0.05) is 13.3 Å². The van der Waals surface area contributed by atoms with Crippen molar-refractivity contribution in [2.24, 2.45) is 5.92 Å². The number of hydrogen-bond acceptors (Lipinski definition) is 1. The number of hydrogen-bond donors (Lipinski definition) is 1. The lowest BCUT2D eigenvalue weighted by atomic mass is 9.86. The zero-order chi connectivity index (χ0) is 11.8. The highest BCUT2D eigenvalue weighted by molar-refractivity contribution is 5.21. The fraction of sp³-hybridized carbons (Fsp3) is 0.538. The zero-order valence-electron chi connectivity index (χ0n) is 9.34. The standard InChI is InChI=1S/C13H16F2O/c1-9-3-2-6-13(9,16)8-10-7-11(14)4-5-12(10)15/h4-5,7,9,16H,2-3,6,8H2,1H3. The first-order valence-electron chi connectivity index (χ1n) is 5.67. The molecule has 3 heteroatoms. The van der Waals surface area contributed by atoms with Gasteiger partial charge in [0, 0.05) is 6.42 Å². The monoisotopic (exact) mass is 226 g/mol. The van der Waals surface area contributed by atoms with Gasteiger partial charge in [0.15, 0.2) is 0 Å². The van der Waals surface area contributed by atoms with Gasteiger partial charge in [-0.15, -0.1) is 0 Å². The molecule has 2 atom stereocenters. The predicted molar refractivity (Wildman–Crippen MR) is 58.0 cm³/mol. The lowest BCUT2D eigenvalue weighted by Gasteiger charge is -2.27. The quantitative estimate of drug-likeness (QED) is 0.821. The van der Waals surface area contributed by atoms with Gasteiger partial charge in [0.2, 0.25) is 0 Å². The lowest BCUT2D eigenvalue weighted by molar-refractivity contribution is 0.00881. The molecule has 0 radical (unpaired) electrons. The molecule has 0 aliphatic heterocycles. The molecule has 0 aromatic heterocycles. The van der Waals surface area contributed by atoms with Crippen LogP contribution < -0.4 is 0 Å². The van der Waals surface area contributed by atoms with Gasteiger partial charge in [-0.2, -0.15) is 0 Å². The summed E-state index contributed by atoms with van der Waals surface area (Å²) < 4.78 is 26.4. The smallest absolute Gasteiger partial charge is 0.126 e. The molecular weight excluding hydrogens is 210 g/mol. The van der Waals surface area contributed by atoms with E-state index >= 15 is 0 Å². The van der Waals surface area contributed by atoms with Crippen LogP contribution >= 0.6 is 0 Å². The second-order valence-corrected chi connectivity index (χ2v) is 4.81. The van der Waals surface area contributed by atoms with Crippen LogP contribution in [0.1, 0.15) is 31.7 Å². The first kappa shape index (κ1) is 11.5. The number of rotatable bonds is 2. The van der Waals surface area contributed by atoms with Crippen LogP contribution in [-0.4, -0.2) is 10.7 Å². The summed E-state index contributed by atoms with van der Waals surface area (Å²) in [6, 6.07) is 3.40. The molecular formula is C13H16F2O.